The average molecular weight is 457 g/mol. The molecular formula is C33H60. The van der Waals surface area contributed by atoms with Gasteiger partial charge >= 0.3 is 0 Å². The zero-order chi connectivity index (χ0) is 25.4. The van der Waals surface area contributed by atoms with Crippen LogP contribution >= 0.6 is 0 Å². The van der Waals surface area contributed by atoms with Crippen molar-refractivity contribution >= 4 is 0 Å². The van der Waals surface area contributed by atoms with E-state index in [9.17, 15) is 0 Å². The summed E-state index contributed by atoms with van der Waals surface area (Å²) >= 11 is 0. The van der Waals surface area contributed by atoms with Crippen molar-refractivity contribution in [3.8, 4) is 0 Å². The predicted octanol–water partition coefficient (Wildman–Crippen LogP) is 11.3. The summed E-state index contributed by atoms with van der Waals surface area (Å²) < 4.78 is 0. The molecule has 0 amide bonds. The van der Waals surface area contributed by atoms with Crippen LogP contribution in [0.5, 0.6) is 0 Å². The van der Waals surface area contributed by atoms with Crippen LogP contribution in [-0.4, -0.2) is 0 Å². The minimum Gasteiger partial charge on any atom is -0.0859 e. The maximum absolute atomic E-state index is 2.66. The molecule has 0 heterocycles. The number of hydrogen-bond acceptors (Lipinski definition) is 0. The van der Waals surface area contributed by atoms with Gasteiger partial charge in [0.15, 0.2) is 0 Å². The minimum atomic E-state index is 0.274. The number of unbranched alkanes of at least 4 members (excludes halogenated alkanes) is 1. The van der Waals surface area contributed by atoms with Crippen LogP contribution in [0, 0.1) is 34.0 Å². The molecule has 5 atom stereocenters. The maximum atomic E-state index is 2.66. The Kier molecular flexibility index (Phi) is 11.7. The van der Waals surface area contributed by atoms with Crippen molar-refractivity contribution in [3.63, 3.8) is 0 Å². The first-order chi connectivity index (χ1) is 15.5. The van der Waals surface area contributed by atoms with Crippen LogP contribution in [0.2, 0.25) is 0 Å². The smallest absolute Gasteiger partial charge is 0.00425 e. The topological polar surface area (TPSA) is 0 Å². The number of hydrogen-bond donors (Lipinski definition) is 0. The molecule has 0 saturated heterocycles. The van der Waals surface area contributed by atoms with Gasteiger partial charge < -0.3 is 0 Å². The quantitative estimate of drug-likeness (QED) is 0.275. The first-order valence-electron chi connectivity index (χ1n) is 14.6. The van der Waals surface area contributed by atoms with Gasteiger partial charge in [0.1, 0.15) is 0 Å². The molecule has 0 aliphatic heterocycles. The first kappa shape index (κ1) is 30.3. The van der Waals surface area contributed by atoms with Crippen molar-refractivity contribution in [2.45, 2.75) is 141 Å². The molecule has 0 spiro atoms. The third-order valence-electron chi connectivity index (χ3n) is 9.02. The molecule has 0 bridgehead atoms. The number of allylic oxidation sites excluding steroid dienone is 6. The van der Waals surface area contributed by atoms with Crippen molar-refractivity contribution in [2.75, 3.05) is 0 Å². The fraction of sp³-hybridized carbons (Fsp3) is 0.818. The van der Waals surface area contributed by atoms with Gasteiger partial charge in [0.05, 0.1) is 0 Å². The van der Waals surface area contributed by atoms with Crippen LogP contribution < -0.4 is 0 Å². The summed E-state index contributed by atoms with van der Waals surface area (Å²) in [6.07, 6.45) is 20.1. The molecule has 0 nitrogen and oxygen atoms in total. The van der Waals surface area contributed by atoms with Gasteiger partial charge in [-0.3, -0.25) is 0 Å². The molecule has 0 aromatic carbocycles. The van der Waals surface area contributed by atoms with Crippen LogP contribution in [0.3, 0.4) is 0 Å². The number of fused-ring (bicyclic) bond motifs is 3. The van der Waals surface area contributed by atoms with E-state index in [4.69, 9.17) is 0 Å². The summed E-state index contributed by atoms with van der Waals surface area (Å²) in [5.41, 5.74) is 6.21. The van der Waals surface area contributed by atoms with Crippen molar-refractivity contribution in [1.82, 2.24) is 0 Å². The van der Waals surface area contributed by atoms with E-state index in [-0.39, 0.29) is 5.41 Å². The van der Waals surface area contributed by atoms with E-state index in [1.807, 2.05) is 33.3 Å². The Bertz CT molecular complexity index is 677. The highest BCUT2D eigenvalue weighted by atomic mass is 14.6. The Morgan fingerprint density at radius 1 is 0.970 bits per heavy atom. The van der Waals surface area contributed by atoms with Crippen molar-refractivity contribution in [3.05, 3.63) is 34.9 Å². The SMILES string of the molecule is CC.CC.CCCC1(C)C(C(C)(C)C)=CC=C2C1CCC1(C)C(CCCC=C(C)C)CCC21. The Morgan fingerprint density at radius 2 is 1.61 bits per heavy atom. The molecule has 3 aliphatic carbocycles. The van der Waals surface area contributed by atoms with Gasteiger partial charge in [0, 0.05) is 0 Å². The summed E-state index contributed by atoms with van der Waals surface area (Å²) in [5, 5.41) is 0. The Balaban J connectivity index is 0.00000129. The second-order valence-corrected chi connectivity index (χ2v) is 12.3. The highest BCUT2D eigenvalue weighted by Crippen LogP contribution is 2.65. The summed E-state index contributed by atoms with van der Waals surface area (Å²) in [7, 11) is 0. The molecule has 3 aliphatic rings. The fourth-order valence-electron chi connectivity index (χ4n) is 7.74. The normalized spacial score (nSPS) is 32.7. The number of rotatable bonds is 6. The molecule has 3 rings (SSSR count). The lowest BCUT2D eigenvalue weighted by Gasteiger charge is -2.55. The van der Waals surface area contributed by atoms with E-state index in [0.29, 0.717) is 10.8 Å². The lowest BCUT2D eigenvalue weighted by molar-refractivity contribution is 0.0649. The molecular weight excluding hydrogens is 396 g/mol. The van der Waals surface area contributed by atoms with Crippen LogP contribution in [0.15, 0.2) is 34.9 Å². The van der Waals surface area contributed by atoms with Crippen molar-refractivity contribution in [2.24, 2.45) is 34.0 Å². The van der Waals surface area contributed by atoms with Gasteiger partial charge in [-0.25, -0.2) is 0 Å². The van der Waals surface area contributed by atoms with E-state index in [1.54, 1.807) is 5.57 Å². The summed E-state index contributed by atoms with van der Waals surface area (Å²) in [6.45, 7) is 27.4. The molecule has 0 N–H and O–H groups in total. The predicted molar refractivity (Wildman–Crippen MR) is 152 cm³/mol. The van der Waals surface area contributed by atoms with Gasteiger partial charge in [0.2, 0.25) is 0 Å². The van der Waals surface area contributed by atoms with Crippen molar-refractivity contribution in [1.29, 1.82) is 0 Å². The second kappa shape index (κ2) is 12.8. The molecule has 33 heavy (non-hydrogen) atoms. The largest absolute Gasteiger partial charge is 0.0859 e. The fourth-order valence-corrected chi connectivity index (χ4v) is 7.74. The molecule has 0 radical (unpaired) electrons. The van der Waals surface area contributed by atoms with Gasteiger partial charge in [-0.1, -0.05) is 111 Å². The highest BCUT2D eigenvalue weighted by molar-refractivity contribution is 5.39. The third-order valence-corrected chi connectivity index (χ3v) is 9.02. The summed E-state index contributed by atoms with van der Waals surface area (Å²) in [6, 6.07) is 0. The Morgan fingerprint density at radius 3 is 2.15 bits per heavy atom. The van der Waals surface area contributed by atoms with Gasteiger partial charge in [0.25, 0.3) is 0 Å². The Hall–Kier alpha value is -0.780. The van der Waals surface area contributed by atoms with Crippen molar-refractivity contribution < 1.29 is 0 Å². The Labute approximate surface area is 209 Å². The van der Waals surface area contributed by atoms with E-state index in [1.165, 1.54) is 63.4 Å². The standard InChI is InChI=1S/C29H48.2C2H6/c1-9-19-29(8)25-18-20-28(7)22(13-11-10-12-21(2)3)14-16-24(28)23(25)15-17-26(29)27(4,5)6;2*1-2/h12,15,17,22,24-25H,9-11,13-14,16,18-20H2,1-8H3;2*1-2H3. The second-order valence-electron chi connectivity index (χ2n) is 12.3. The van der Waals surface area contributed by atoms with Crippen LogP contribution in [0.25, 0.3) is 0 Å². The molecule has 2 saturated carbocycles. The molecule has 2 fully saturated rings. The molecule has 0 aromatic heterocycles. The molecule has 0 heteroatoms. The lowest BCUT2D eigenvalue weighted by atomic mass is 9.50. The maximum Gasteiger partial charge on any atom is -0.00425 e. The zero-order valence-corrected chi connectivity index (χ0v) is 24.8. The third kappa shape index (κ3) is 6.46. The van der Waals surface area contributed by atoms with Gasteiger partial charge in [-0.2, -0.15) is 0 Å². The molecule has 0 aromatic rings. The monoisotopic (exact) mass is 456 g/mol. The van der Waals surface area contributed by atoms with E-state index in [0.717, 1.165) is 17.8 Å². The highest BCUT2D eigenvalue weighted by Gasteiger charge is 2.55. The van der Waals surface area contributed by atoms with Gasteiger partial charge in [-0.05, 0) is 99.2 Å². The van der Waals surface area contributed by atoms with E-state index in [2.05, 4.69) is 73.6 Å². The zero-order valence-electron chi connectivity index (χ0n) is 24.8. The minimum absolute atomic E-state index is 0.274. The van der Waals surface area contributed by atoms with E-state index < -0.39 is 0 Å². The summed E-state index contributed by atoms with van der Waals surface area (Å²) in [4.78, 5) is 0. The lowest BCUT2D eigenvalue weighted by Crippen LogP contribution is -2.45. The van der Waals surface area contributed by atoms with Crippen LogP contribution in [-0.2, 0) is 0 Å². The van der Waals surface area contributed by atoms with Gasteiger partial charge in [-0.15, -0.1) is 0 Å². The van der Waals surface area contributed by atoms with E-state index >= 15 is 0 Å². The van der Waals surface area contributed by atoms with Crippen LogP contribution in [0.4, 0.5) is 0 Å². The first-order valence-corrected chi connectivity index (χ1v) is 14.6. The molecule has 5 unspecified atom stereocenters. The summed E-state index contributed by atoms with van der Waals surface area (Å²) in [5.74, 6) is 2.55. The molecule has 192 valence electrons. The van der Waals surface area contributed by atoms with Crippen LogP contribution in [0.1, 0.15) is 141 Å². The average Bonchev–Trinajstić information content (AvgIpc) is 3.10.